The number of carbonyl (C=O) groups is 1. The molecule has 0 saturated carbocycles. The second-order valence-corrected chi connectivity index (χ2v) is 6.35. The number of aromatic nitrogens is 1. The predicted molar refractivity (Wildman–Crippen MR) is 112 cm³/mol. The van der Waals surface area contributed by atoms with Crippen LogP contribution in [-0.4, -0.2) is 24.0 Å². The Balaban J connectivity index is 1.70. The fraction of sp³-hybridized carbons (Fsp3) is 0.182. The Morgan fingerprint density at radius 1 is 1.00 bits per heavy atom. The van der Waals surface area contributed by atoms with Crippen LogP contribution in [0.25, 0.3) is 0 Å². The van der Waals surface area contributed by atoms with Crippen molar-refractivity contribution in [3.05, 3.63) is 78.0 Å². The third-order valence-corrected chi connectivity index (χ3v) is 4.47. The van der Waals surface area contributed by atoms with Gasteiger partial charge in [-0.05, 0) is 62.4 Å². The van der Waals surface area contributed by atoms with Gasteiger partial charge in [0.2, 0.25) is 0 Å². The lowest BCUT2D eigenvalue weighted by atomic mass is 10.2. The Bertz CT molecular complexity index is 988. The topological polar surface area (TPSA) is 57.3 Å². The summed E-state index contributed by atoms with van der Waals surface area (Å²) in [5, 5.41) is 5.59. The molecular weight excluding hydrogens is 374 g/mol. The van der Waals surface area contributed by atoms with Crippen LogP contribution in [-0.2, 0) is 0 Å². The molecule has 1 aromatic heterocycles. The number of benzene rings is 2. The van der Waals surface area contributed by atoms with E-state index in [9.17, 15) is 13.6 Å². The third kappa shape index (κ3) is 5.07. The van der Waals surface area contributed by atoms with Gasteiger partial charge in [0.1, 0.15) is 17.5 Å². The van der Waals surface area contributed by atoms with Gasteiger partial charge in [0.25, 0.3) is 5.91 Å². The number of pyridine rings is 1. The van der Waals surface area contributed by atoms with Crippen LogP contribution in [0.3, 0.4) is 0 Å². The number of anilines is 4. The molecule has 150 valence electrons. The molecule has 1 amide bonds. The van der Waals surface area contributed by atoms with Crippen LogP contribution in [0.5, 0.6) is 0 Å². The molecule has 5 nitrogen and oxygen atoms in total. The number of nitrogens with one attached hydrogen (secondary N) is 2. The van der Waals surface area contributed by atoms with Crippen LogP contribution < -0.4 is 15.5 Å². The van der Waals surface area contributed by atoms with Crippen LogP contribution in [0, 0.1) is 11.6 Å². The van der Waals surface area contributed by atoms with Crippen LogP contribution in [0.4, 0.5) is 31.7 Å². The molecule has 29 heavy (non-hydrogen) atoms. The highest BCUT2D eigenvalue weighted by molar-refractivity contribution is 6.04. The van der Waals surface area contributed by atoms with Crippen molar-refractivity contribution in [2.45, 2.75) is 13.8 Å². The van der Waals surface area contributed by atoms with Gasteiger partial charge in [-0.2, -0.15) is 0 Å². The van der Waals surface area contributed by atoms with Gasteiger partial charge in [-0.25, -0.2) is 13.8 Å². The summed E-state index contributed by atoms with van der Waals surface area (Å²) in [6.07, 6.45) is 1.45. The smallest absolute Gasteiger partial charge is 0.255 e. The van der Waals surface area contributed by atoms with E-state index in [-0.39, 0.29) is 17.4 Å². The average Bonchev–Trinajstić information content (AvgIpc) is 2.72. The van der Waals surface area contributed by atoms with Crippen molar-refractivity contribution in [3.63, 3.8) is 0 Å². The van der Waals surface area contributed by atoms with Gasteiger partial charge in [-0.1, -0.05) is 0 Å². The van der Waals surface area contributed by atoms with Crippen LogP contribution >= 0.6 is 0 Å². The summed E-state index contributed by atoms with van der Waals surface area (Å²) in [4.78, 5) is 18.9. The van der Waals surface area contributed by atoms with Gasteiger partial charge in [-0.3, -0.25) is 4.79 Å². The zero-order valence-corrected chi connectivity index (χ0v) is 16.2. The highest BCUT2D eigenvalue weighted by atomic mass is 19.1. The molecule has 2 N–H and O–H groups in total. The lowest BCUT2D eigenvalue weighted by molar-refractivity contribution is 0.102. The largest absolute Gasteiger partial charge is 0.372 e. The molecule has 1 heterocycles. The van der Waals surface area contributed by atoms with E-state index in [0.717, 1.165) is 30.9 Å². The molecule has 0 saturated heterocycles. The van der Waals surface area contributed by atoms with Crippen LogP contribution in [0.1, 0.15) is 24.2 Å². The van der Waals surface area contributed by atoms with Crippen LogP contribution in [0.2, 0.25) is 0 Å². The van der Waals surface area contributed by atoms with E-state index in [0.29, 0.717) is 11.3 Å². The summed E-state index contributed by atoms with van der Waals surface area (Å²) in [6.45, 7) is 5.99. The monoisotopic (exact) mass is 396 g/mol. The van der Waals surface area contributed by atoms with Gasteiger partial charge in [-0.15, -0.1) is 0 Å². The highest BCUT2D eigenvalue weighted by Crippen LogP contribution is 2.21. The number of hydrogen-bond donors (Lipinski definition) is 2. The fourth-order valence-corrected chi connectivity index (χ4v) is 2.92. The van der Waals surface area contributed by atoms with Crippen molar-refractivity contribution >= 4 is 28.8 Å². The first-order chi connectivity index (χ1) is 14.0. The lowest BCUT2D eigenvalue weighted by Gasteiger charge is -2.21. The quantitative estimate of drug-likeness (QED) is 0.576. The highest BCUT2D eigenvalue weighted by Gasteiger charge is 2.10. The van der Waals surface area contributed by atoms with Crippen molar-refractivity contribution in [1.82, 2.24) is 4.98 Å². The molecular formula is C22H22F2N4O. The van der Waals surface area contributed by atoms with Crippen molar-refractivity contribution in [1.29, 1.82) is 0 Å². The Morgan fingerprint density at radius 3 is 2.38 bits per heavy atom. The van der Waals surface area contributed by atoms with Crippen molar-refractivity contribution in [2.75, 3.05) is 28.6 Å². The Hall–Kier alpha value is -3.48. The Morgan fingerprint density at radius 2 is 1.72 bits per heavy atom. The number of rotatable bonds is 7. The second-order valence-electron chi connectivity index (χ2n) is 6.35. The van der Waals surface area contributed by atoms with E-state index in [2.05, 4.69) is 34.4 Å². The summed E-state index contributed by atoms with van der Waals surface area (Å²) < 4.78 is 26.8. The van der Waals surface area contributed by atoms with Gasteiger partial charge in [0, 0.05) is 42.3 Å². The fourth-order valence-electron chi connectivity index (χ4n) is 2.92. The van der Waals surface area contributed by atoms with E-state index in [1.807, 2.05) is 24.3 Å². The van der Waals surface area contributed by atoms with E-state index in [1.54, 1.807) is 6.07 Å². The SMILES string of the molecule is CCN(CC)c1ccc(NC(=O)c2ccnc(Nc3ccc(F)cc3F)c2)cc1. The number of carbonyl (C=O) groups excluding carboxylic acids is 1. The molecule has 2 aromatic carbocycles. The first kappa shape index (κ1) is 20.3. The van der Waals surface area contributed by atoms with Gasteiger partial charge < -0.3 is 15.5 Å². The van der Waals surface area contributed by atoms with Crippen molar-refractivity contribution in [2.24, 2.45) is 0 Å². The minimum atomic E-state index is -0.741. The minimum Gasteiger partial charge on any atom is -0.372 e. The molecule has 7 heteroatoms. The van der Waals surface area contributed by atoms with E-state index in [1.165, 1.54) is 18.3 Å². The van der Waals surface area contributed by atoms with Crippen LogP contribution in [0.15, 0.2) is 60.8 Å². The van der Waals surface area contributed by atoms with Gasteiger partial charge in [0.15, 0.2) is 0 Å². The molecule has 0 aliphatic heterocycles. The summed E-state index contributed by atoms with van der Waals surface area (Å²) in [6, 6.07) is 13.9. The zero-order valence-electron chi connectivity index (χ0n) is 16.2. The van der Waals surface area contributed by atoms with E-state index < -0.39 is 11.6 Å². The zero-order chi connectivity index (χ0) is 20.8. The lowest BCUT2D eigenvalue weighted by Crippen LogP contribution is -2.21. The molecule has 0 atom stereocenters. The summed E-state index contributed by atoms with van der Waals surface area (Å²) in [5.74, 6) is -1.44. The third-order valence-electron chi connectivity index (χ3n) is 4.47. The normalized spacial score (nSPS) is 10.5. The summed E-state index contributed by atoms with van der Waals surface area (Å²) in [5.41, 5.74) is 2.19. The minimum absolute atomic E-state index is 0.0726. The maximum Gasteiger partial charge on any atom is 0.255 e. The standard InChI is InChI=1S/C22H22F2N4O/c1-3-28(4-2)18-8-6-17(7-9-18)26-22(29)15-11-12-25-21(13-15)27-20-10-5-16(23)14-19(20)24/h5-14H,3-4H2,1-2H3,(H,25,27)(H,26,29). The van der Waals surface area contributed by atoms with Gasteiger partial charge >= 0.3 is 0 Å². The molecule has 3 aromatic rings. The summed E-state index contributed by atoms with van der Waals surface area (Å²) in [7, 11) is 0. The van der Waals surface area contributed by atoms with Gasteiger partial charge in [0.05, 0.1) is 5.69 Å². The maximum atomic E-state index is 13.8. The number of amides is 1. The second kappa shape index (κ2) is 9.14. The van der Waals surface area contributed by atoms with Crippen molar-refractivity contribution in [3.8, 4) is 0 Å². The molecule has 3 rings (SSSR count). The Labute approximate surface area is 168 Å². The molecule has 0 radical (unpaired) electrons. The first-order valence-electron chi connectivity index (χ1n) is 9.34. The molecule has 0 aliphatic carbocycles. The predicted octanol–water partition coefficient (Wildman–Crippen LogP) is 5.20. The molecule has 0 spiro atoms. The number of halogens is 2. The maximum absolute atomic E-state index is 13.8. The molecule has 0 bridgehead atoms. The van der Waals surface area contributed by atoms with E-state index in [4.69, 9.17) is 0 Å². The summed E-state index contributed by atoms with van der Waals surface area (Å²) >= 11 is 0. The molecule has 0 aliphatic rings. The first-order valence-corrected chi connectivity index (χ1v) is 9.34. The molecule has 0 unspecified atom stereocenters. The van der Waals surface area contributed by atoms with E-state index >= 15 is 0 Å². The van der Waals surface area contributed by atoms with Crippen molar-refractivity contribution < 1.29 is 13.6 Å². The number of hydrogen-bond acceptors (Lipinski definition) is 4. The molecule has 0 fully saturated rings. The Kier molecular flexibility index (Phi) is 6.39. The average molecular weight is 396 g/mol. The number of nitrogens with zero attached hydrogens (tertiary/aromatic N) is 2.